The molecule has 0 spiro atoms. The molecule has 0 atom stereocenters. The average Bonchev–Trinajstić information content (AvgIpc) is 2.14. The molecule has 0 radical (unpaired) electrons. The molecule has 0 aromatic carbocycles. The molecule has 1 aromatic rings. The molecule has 2 rings (SSSR count). The molecule has 88 valence electrons. The highest BCUT2D eigenvalue weighted by Crippen LogP contribution is 2.18. The monoisotopic (exact) mass is 220 g/mol. The second-order valence-electron chi connectivity index (χ2n) is 4.48. The van der Waals surface area contributed by atoms with Crippen molar-refractivity contribution < 1.29 is 0 Å². The fourth-order valence-electron chi connectivity index (χ4n) is 2.21. The van der Waals surface area contributed by atoms with Gasteiger partial charge in [0.05, 0.1) is 0 Å². The van der Waals surface area contributed by atoms with Crippen LogP contribution < -0.4 is 10.6 Å². The van der Waals surface area contributed by atoms with E-state index in [1.807, 2.05) is 13.0 Å². The summed E-state index contributed by atoms with van der Waals surface area (Å²) in [4.78, 5) is 10.8. The third kappa shape index (κ3) is 2.84. The van der Waals surface area contributed by atoms with Crippen LogP contribution in [0.3, 0.4) is 0 Å². The van der Waals surface area contributed by atoms with Crippen LogP contribution in [0.5, 0.6) is 0 Å². The highest BCUT2D eigenvalue weighted by atomic mass is 15.2. The van der Waals surface area contributed by atoms with Crippen molar-refractivity contribution in [3.05, 3.63) is 11.8 Å². The fourth-order valence-corrected chi connectivity index (χ4v) is 2.21. The van der Waals surface area contributed by atoms with E-state index in [4.69, 9.17) is 5.73 Å². The molecule has 1 aliphatic rings. The summed E-state index contributed by atoms with van der Waals surface area (Å²) in [6, 6.07) is 2.03. The Bertz CT molecular complexity index is 323. The number of rotatable bonds is 1. The Hall–Kier alpha value is -1.32. The smallest absolute Gasteiger partial charge is 0.222 e. The Morgan fingerprint density at radius 1 is 1.06 bits per heavy atom. The minimum absolute atomic E-state index is 0.386. The second-order valence-corrected chi connectivity index (χ2v) is 4.48. The van der Waals surface area contributed by atoms with Crippen LogP contribution in [0.1, 0.15) is 37.8 Å². The molecule has 0 saturated carbocycles. The van der Waals surface area contributed by atoms with E-state index in [2.05, 4.69) is 14.9 Å². The highest BCUT2D eigenvalue weighted by molar-refractivity contribution is 5.43. The average molecular weight is 220 g/mol. The topological polar surface area (TPSA) is 55.0 Å². The SMILES string of the molecule is Cc1cc(N2CCCCCCC2)nc(N)n1. The van der Waals surface area contributed by atoms with E-state index < -0.39 is 0 Å². The number of hydrogen-bond donors (Lipinski definition) is 1. The van der Waals surface area contributed by atoms with Crippen molar-refractivity contribution >= 4 is 11.8 Å². The molecule has 0 aliphatic carbocycles. The van der Waals surface area contributed by atoms with Gasteiger partial charge in [0, 0.05) is 24.8 Å². The zero-order valence-electron chi connectivity index (χ0n) is 9.95. The van der Waals surface area contributed by atoms with E-state index in [1.165, 1.54) is 32.1 Å². The van der Waals surface area contributed by atoms with Crippen molar-refractivity contribution in [2.45, 2.75) is 39.0 Å². The van der Waals surface area contributed by atoms with Crippen molar-refractivity contribution in [2.75, 3.05) is 23.7 Å². The maximum Gasteiger partial charge on any atom is 0.222 e. The molecule has 1 aromatic heterocycles. The normalized spacial score (nSPS) is 17.9. The summed E-state index contributed by atoms with van der Waals surface area (Å²) in [5, 5.41) is 0. The van der Waals surface area contributed by atoms with Crippen LogP contribution in [0.25, 0.3) is 0 Å². The predicted molar refractivity (Wildman–Crippen MR) is 66.5 cm³/mol. The van der Waals surface area contributed by atoms with Gasteiger partial charge in [-0.1, -0.05) is 19.3 Å². The molecule has 2 heterocycles. The molecule has 0 amide bonds. The summed E-state index contributed by atoms with van der Waals surface area (Å²) in [5.41, 5.74) is 6.64. The molecule has 2 N–H and O–H groups in total. The molecule has 1 fully saturated rings. The van der Waals surface area contributed by atoms with Gasteiger partial charge >= 0.3 is 0 Å². The van der Waals surface area contributed by atoms with E-state index >= 15 is 0 Å². The Morgan fingerprint density at radius 2 is 1.69 bits per heavy atom. The first-order valence-corrected chi connectivity index (χ1v) is 6.12. The minimum Gasteiger partial charge on any atom is -0.368 e. The lowest BCUT2D eigenvalue weighted by Gasteiger charge is -2.25. The maximum absolute atomic E-state index is 5.69. The van der Waals surface area contributed by atoms with Gasteiger partial charge < -0.3 is 10.6 Å². The van der Waals surface area contributed by atoms with E-state index in [-0.39, 0.29) is 0 Å². The Balaban J connectivity index is 2.13. The largest absolute Gasteiger partial charge is 0.368 e. The van der Waals surface area contributed by atoms with Crippen LogP contribution in [-0.4, -0.2) is 23.1 Å². The maximum atomic E-state index is 5.69. The molecule has 1 saturated heterocycles. The summed E-state index contributed by atoms with van der Waals surface area (Å²) in [6.45, 7) is 4.15. The van der Waals surface area contributed by atoms with Crippen molar-refractivity contribution in [1.82, 2.24) is 9.97 Å². The van der Waals surface area contributed by atoms with Crippen LogP contribution in [0.4, 0.5) is 11.8 Å². The third-order valence-corrected chi connectivity index (χ3v) is 3.04. The molecule has 16 heavy (non-hydrogen) atoms. The fraction of sp³-hybridized carbons (Fsp3) is 0.667. The van der Waals surface area contributed by atoms with E-state index in [0.29, 0.717) is 5.95 Å². The van der Waals surface area contributed by atoms with E-state index in [0.717, 1.165) is 24.6 Å². The van der Waals surface area contributed by atoms with Gasteiger partial charge in [-0.15, -0.1) is 0 Å². The number of nitrogens with zero attached hydrogens (tertiary/aromatic N) is 3. The van der Waals surface area contributed by atoms with Gasteiger partial charge in [-0.05, 0) is 19.8 Å². The Morgan fingerprint density at radius 3 is 2.31 bits per heavy atom. The van der Waals surface area contributed by atoms with Gasteiger partial charge in [0.25, 0.3) is 0 Å². The molecule has 0 unspecified atom stereocenters. The Labute approximate surface area is 96.9 Å². The number of hydrogen-bond acceptors (Lipinski definition) is 4. The van der Waals surface area contributed by atoms with Crippen molar-refractivity contribution in [3.8, 4) is 0 Å². The first-order valence-electron chi connectivity index (χ1n) is 6.12. The van der Waals surface area contributed by atoms with E-state index in [9.17, 15) is 0 Å². The van der Waals surface area contributed by atoms with Gasteiger partial charge in [0.2, 0.25) is 5.95 Å². The van der Waals surface area contributed by atoms with Gasteiger partial charge in [0.1, 0.15) is 5.82 Å². The molecule has 1 aliphatic heterocycles. The summed E-state index contributed by atoms with van der Waals surface area (Å²) < 4.78 is 0. The van der Waals surface area contributed by atoms with Crippen molar-refractivity contribution in [2.24, 2.45) is 0 Å². The number of aromatic nitrogens is 2. The van der Waals surface area contributed by atoms with Gasteiger partial charge in [-0.2, -0.15) is 4.98 Å². The predicted octanol–water partition coefficient (Wildman–Crippen LogP) is 2.14. The van der Waals surface area contributed by atoms with Crippen molar-refractivity contribution in [3.63, 3.8) is 0 Å². The lowest BCUT2D eigenvalue weighted by molar-refractivity contribution is 0.553. The van der Waals surface area contributed by atoms with Gasteiger partial charge in [-0.3, -0.25) is 0 Å². The highest BCUT2D eigenvalue weighted by Gasteiger charge is 2.11. The molecule has 0 bridgehead atoms. The number of nitrogen functional groups attached to an aromatic ring is 1. The minimum atomic E-state index is 0.386. The molecule has 4 heteroatoms. The first kappa shape index (κ1) is 11.2. The van der Waals surface area contributed by atoms with Crippen molar-refractivity contribution in [1.29, 1.82) is 0 Å². The van der Waals surface area contributed by atoms with Crippen LogP contribution in [0.2, 0.25) is 0 Å². The zero-order valence-corrected chi connectivity index (χ0v) is 9.95. The lowest BCUT2D eigenvalue weighted by atomic mass is 10.1. The van der Waals surface area contributed by atoms with Gasteiger partial charge in [-0.25, -0.2) is 4.98 Å². The first-order chi connectivity index (χ1) is 7.75. The van der Waals surface area contributed by atoms with Crippen LogP contribution >= 0.6 is 0 Å². The second kappa shape index (κ2) is 5.14. The number of aryl methyl sites for hydroxylation is 1. The quantitative estimate of drug-likeness (QED) is 0.787. The summed E-state index contributed by atoms with van der Waals surface area (Å²) in [5.74, 6) is 1.38. The standard InChI is InChI=1S/C12H20N4/c1-10-9-11(15-12(13)14-10)16-7-5-3-2-4-6-8-16/h9H,2-8H2,1H3,(H2,13,14,15). The third-order valence-electron chi connectivity index (χ3n) is 3.04. The number of anilines is 2. The summed E-state index contributed by atoms with van der Waals surface area (Å²) in [7, 11) is 0. The molecular formula is C12H20N4. The zero-order chi connectivity index (χ0) is 11.4. The van der Waals surface area contributed by atoms with Crippen LogP contribution in [0, 0.1) is 6.92 Å². The van der Waals surface area contributed by atoms with Crippen LogP contribution in [0.15, 0.2) is 6.07 Å². The van der Waals surface area contributed by atoms with Crippen LogP contribution in [-0.2, 0) is 0 Å². The molecule has 4 nitrogen and oxygen atoms in total. The van der Waals surface area contributed by atoms with E-state index in [1.54, 1.807) is 0 Å². The van der Waals surface area contributed by atoms with Gasteiger partial charge in [0.15, 0.2) is 0 Å². The molecular weight excluding hydrogens is 200 g/mol. The summed E-state index contributed by atoms with van der Waals surface area (Å²) >= 11 is 0. The number of nitrogens with two attached hydrogens (primary N) is 1. The lowest BCUT2D eigenvalue weighted by Crippen LogP contribution is -2.28. The summed E-state index contributed by atoms with van der Waals surface area (Å²) in [6.07, 6.45) is 6.54. The Kier molecular flexibility index (Phi) is 3.59.